The average molecular weight is 329 g/mol. The molecule has 6 heteroatoms. The van der Waals surface area contributed by atoms with Crippen LogP contribution in [0.5, 0.6) is 11.5 Å². The molecule has 0 aliphatic carbocycles. The standard InChI is InChI=1S/C18H19NO5/c1-11-13(18(21)24-4)6-5-7-14(11)19-17(20)12-8-9-15(22-2)16(10-12)23-3/h5-10H,1-4H3,(H,19,20). The van der Waals surface area contributed by atoms with Crippen LogP contribution < -0.4 is 14.8 Å². The zero-order valence-corrected chi connectivity index (χ0v) is 14.0. The van der Waals surface area contributed by atoms with E-state index < -0.39 is 5.97 Å². The molecule has 0 heterocycles. The number of carbonyl (C=O) groups excluding carboxylic acids is 2. The Balaban J connectivity index is 2.29. The quantitative estimate of drug-likeness (QED) is 0.854. The van der Waals surface area contributed by atoms with E-state index in [4.69, 9.17) is 14.2 Å². The van der Waals surface area contributed by atoms with Crippen molar-refractivity contribution in [2.24, 2.45) is 0 Å². The summed E-state index contributed by atoms with van der Waals surface area (Å²) in [5.74, 6) is 0.235. The van der Waals surface area contributed by atoms with E-state index in [1.54, 1.807) is 43.3 Å². The highest BCUT2D eigenvalue weighted by atomic mass is 16.5. The maximum Gasteiger partial charge on any atom is 0.338 e. The lowest BCUT2D eigenvalue weighted by atomic mass is 10.1. The van der Waals surface area contributed by atoms with Crippen LogP contribution in [0.4, 0.5) is 5.69 Å². The van der Waals surface area contributed by atoms with Crippen molar-refractivity contribution >= 4 is 17.6 Å². The smallest absolute Gasteiger partial charge is 0.338 e. The fourth-order valence-corrected chi connectivity index (χ4v) is 2.27. The molecule has 0 spiro atoms. The maximum atomic E-state index is 12.5. The Morgan fingerprint density at radius 2 is 1.67 bits per heavy atom. The zero-order chi connectivity index (χ0) is 17.7. The zero-order valence-electron chi connectivity index (χ0n) is 14.0. The largest absolute Gasteiger partial charge is 0.493 e. The van der Waals surface area contributed by atoms with Crippen molar-refractivity contribution in [2.45, 2.75) is 6.92 Å². The predicted octanol–water partition coefficient (Wildman–Crippen LogP) is 3.05. The first-order valence-electron chi connectivity index (χ1n) is 7.23. The fraction of sp³-hybridized carbons (Fsp3) is 0.222. The molecular weight excluding hydrogens is 310 g/mol. The second-order valence-electron chi connectivity index (χ2n) is 4.99. The monoisotopic (exact) mass is 329 g/mol. The Morgan fingerprint density at radius 1 is 0.958 bits per heavy atom. The van der Waals surface area contributed by atoms with Gasteiger partial charge in [0.15, 0.2) is 11.5 Å². The number of carbonyl (C=O) groups is 2. The molecule has 2 aromatic carbocycles. The number of nitrogens with one attached hydrogen (secondary N) is 1. The summed E-state index contributed by atoms with van der Waals surface area (Å²) in [7, 11) is 4.35. The minimum absolute atomic E-state index is 0.318. The predicted molar refractivity (Wildman–Crippen MR) is 90.0 cm³/mol. The van der Waals surface area contributed by atoms with Gasteiger partial charge in [0.05, 0.1) is 26.9 Å². The molecule has 1 N–H and O–H groups in total. The number of hydrogen-bond acceptors (Lipinski definition) is 5. The third-order valence-electron chi connectivity index (χ3n) is 3.63. The number of anilines is 1. The lowest BCUT2D eigenvalue weighted by molar-refractivity contribution is 0.0599. The van der Waals surface area contributed by atoms with Crippen LogP contribution in [0.25, 0.3) is 0 Å². The Bertz CT molecular complexity index is 770. The number of benzene rings is 2. The summed E-state index contributed by atoms with van der Waals surface area (Å²) in [6.07, 6.45) is 0. The summed E-state index contributed by atoms with van der Waals surface area (Å²) in [4.78, 5) is 24.2. The number of rotatable bonds is 5. The molecule has 0 saturated heterocycles. The molecule has 0 aromatic heterocycles. The van der Waals surface area contributed by atoms with Gasteiger partial charge in [-0.25, -0.2) is 4.79 Å². The van der Waals surface area contributed by atoms with Gasteiger partial charge in [0.1, 0.15) is 0 Å². The molecule has 0 saturated carbocycles. The Labute approximate surface area is 140 Å². The summed E-state index contributed by atoms with van der Waals surface area (Å²) < 4.78 is 15.1. The van der Waals surface area contributed by atoms with Gasteiger partial charge >= 0.3 is 5.97 Å². The molecule has 2 rings (SSSR count). The van der Waals surface area contributed by atoms with Crippen LogP contribution in [-0.4, -0.2) is 33.2 Å². The van der Waals surface area contributed by atoms with Crippen LogP contribution in [0, 0.1) is 6.92 Å². The van der Waals surface area contributed by atoms with E-state index in [9.17, 15) is 9.59 Å². The van der Waals surface area contributed by atoms with Gasteiger partial charge in [0.25, 0.3) is 5.91 Å². The Morgan fingerprint density at radius 3 is 2.29 bits per heavy atom. The molecule has 1 amide bonds. The van der Waals surface area contributed by atoms with Crippen molar-refractivity contribution < 1.29 is 23.8 Å². The topological polar surface area (TPSA) is 73.9 Å². The molecule has 24 heavy (non-hydrogen) atoms. The van der Waals surface area contributed by atoms with Crippen LogP contribution in [0.15, 0.2) is 36.4 Å². The molecule has 2 aromatic rings. The molecule has 0 unspecified atom stereocenters. The van der Waals surface area contributed by atoms with Gasteiger partial charge in [-0.2, -0.15) is 0 Å². The number of esters is 1. The minimum atomic E-state index is -0.449. The first kappa shape index (κ1) is 17.3. The highest BCUT2D eigenvalue weighted by Crippen LogP contribution is 2.28. The van der Waals surface area contributed by atoms with Crippen LogP contribution in [0.3, 0.4) is 0 Å². The summed E-state index contributed by atoms with van der Waals surface area (Å²) >= 11 is 0. The van der Waals surface area contributed by atoms with Crippen molar-refractivity contribution in [3.63, 3.8) is 0 Å². The van der Waals surface area contributed by atoms with Crippen molar-refractivity contribution in [2.75, 3.05) is 26.6 Å². The summed E-state index contributed by atoms with van der Waals surface area (Å²) in [5, 5.41) is 2.79. The molecule has 0 aliphatic heterocycles. The van der Waals surface area contributed by atoms with E-state index in [0.717, 1.165) is 0 Å². The number of amides is 1. The van der Waals surface area contributed by atoms with Crippen molar-refractivity contribution in [1.82, 2.24) is 0 Å². The van der Waals surface area contributed by atoms with E-state index in [-0.39, 0.29) is 5.91 Å². The van der Waals surface area contributed by atoms with Gasteiger partial charge in [0, 0.05) is 11.3 Å². The third kappa shape index (κ3) is 3.48. The summed E-state index contributed by atoms with van der Waals surface area (Å²) in [6.45, 7) is 1.75. The van der Waals surface area contributed by atoms with Gasteiger partial charge in [-0.05, 0) is 42.8 Å². The van der Waals surface area contributed by atoms with E-state index in [0.29, 0.717) is 33.9 Å². The lowest BCUT2D eigenvalue weighted by Crippen LogP contribution is -2.14. The molecular formula is C18H19NO5. The lowest BCUT2D eigenvalue weighted by Gasteiger charge is -2.13. The first-order chi connectivity index (χ1) is 11.5. The second-order valence-corrected chi connectivity index (χ2v) is 4.99. The van der Waals surface area contributed by atoms with Crippen LogP contribution in [-0.2, 0) is 4.74 Å². The SMILES string of the molecule is COC(=O)c1cccc(NC(=O)c2ccc(OC)c(OC)c2)c1C. The van der Waals surface area contributed by atoms with Crippen LogP contribution in [0.1, 0.15) is 26.3 Å². The fourth-order valence-electron chi connectivity index (χ4n) is 2.27. The molecule has 6 nitrogen and oxygen atoms in total. The second kappa shape index (κ2) is 7.50. The number of ether oxygens (including phenoxy) is 3. The van der Waals surface area contributed by atoms with Gasteiger partial charge < -0.3 is 19.5 Å². The van der Waals surface area contributed by atoms with E-state index in [1.807, 2.05) is 0 Å². The first-order valence-corrected chi connectivity index (χ1v) is 7.23. The van der Waals surface area contributed by atoms with E-state index in [1.165, 1.54) is 21.3 Å². The molecule has 0 atom stereocenters. The van der Waals surface area contributed by atoms with Crippen molar-refractivity contribution in [1.29, 1.82) is 0 Å². The summed E-state index contributed by atoms with van der Waals surface area (Å²) in [5.41, 5.74) is 1.99. The highest BCUT2D eigenvalue weighted by Gasteiger charge is 2.15. The molecule has 0 radical (unpaired) electrons. The molecule has 126 valence electrons. The van der Waals surface area contributed by atoms with Gasteiger partial charge in [-0.1, -0.05) is 6.07 Å². The average Bonchev–Trinajstić information content (AvgIpc) is 2.62. The number of hydrogen-bond donors (Lipinski definition) is 1. The molecule has 0 fully saturated rings. The van der Waals surface area contributed by atoms with Gasteiger partial charge in [-0.15, -0.1) is 0 Å². The minimum Gasteiger partial charge on any atom is -0.493 e. The number of methoxy groups -OCH3 is 3. The van der Waals surface area contributed by atoms with Crippen molar-refractivity contribution in [3.05, 3.63) is 53.1 Å². The van der Waals surface area contributed by atoms with Gasteiger partial charge in [-0.3, -0.25) is 4.79 Å². The Hall–Kier alpha value is -3.02. The van der Waals surface area contributed by atoms with Crippen molar-refractivity contribution in [3.8, 4) is 11.5 Å². The van der Waals surface area contributed by atoms with Crippen LogP contribution in [0.2, 0.25) is 0 Å². The summed E-state index contributed by atoms with van der Waals surface area (Å²) in [6, 6.07) is 9.94. The van der Waals surface area contributed by atoms with E-state index in [2.05, 4.69) is 5.32 Å². The molecule has 0 aliphatic rings. The van der Waals surface area contributed by atoms with E-state index >= 15 is 0 Å². The molecule has 0 bridgehead atoms. The third-order valence-corrected chi connectivity index (χ3v) is 3.63. The highest BCUT2D eigenvalue weighted by molar-refractivity contribution is 6.06. The Kier molecular flexibility index (Phi) is 5.42. The maximum absolute atomic E-state index is 12.5. The van der Waals surface area contributed by atoms with Gasteiger partial charge in [0.2, 0.25) is 0 Å². The normalized spacial score (nSPS) is 10.0. The van der Waals surface area contributed by atoms with Crippen LogP contribution >= 0.6 is 0 Å².